The molecule has 0 aromatic rings. The van der Waals surface area contributed by atoms with Crippen molar-refractivity contribution in [3.8, 4) is 0 Å². The molecule has 0 amide bonds. The average molecular weight is 319 g/mol. The highest BCUT2D eigenvalue weighted by Gasteiger charge is 2.60. The zero-order valence-corrected chi connectivity index (χ0v) is 15.1. The third-order valence-electron chi connectivity index (χ3n) is 8.95. The topological polar surface area (TPSA) is 58.6 Å². The summed E-state index contributed by atoms with van der Waals surface area (Å²) in [7, 11) is 0. The summed E-state index contributed by atoms with van der Waals surface area (Å²) in [6, 6.07) is 0. The maximum absolute atomic E-state index is 10.5. The van der Waals surface area contributed by atoms with Crippen molar-refractivity contribution in [3.05, 3.63) is 0 Å². The molecule has 0 radical (unpaired) electrons. The molecule has 0 bridgehead atoms. The number of aliphatic hydroxyl groups is 1. The third-order valence-corrected chi connectivity index (χ3v) is 8.95. The van der Waals surface area contributed by atoms with Gasteiger partial charge in [-0.2, -0.15) is 5.10 Å². The maximum Gasteiger partial charge on any atom is 0.0596 e. The van der Waals surface area contributed by atoms with Crippen LogP contribution in [0.25, 0.3) is 0 Å². The van der Waals surface area contributed by atoms with Crippen molar-refractivity contribution < 1.29 is 5.11 Å². The summed E-state index contributed by atoms with van der Waals surface area (Å²) in [5.74, 6) is 9.43. The van der Waals surface area contributed by atoms with E-state index in [1.165, 1.54) is 44.2 Å². The van der Waals surface area contributed by atoms with Gasteiger partial charge < -0.3 is 10.9 Å². The van der Waals surface area contributed by atoms with Gasteiger partial charge in [0.2, 0.25) is 0 Å². The van der Waals surface area contributed by atoms with E-state index in [0.717, 1.165) is 36.5 Å². The van der Waals surface area contributed by atoms with Gasteiger partial charge in [0.1, 0.15) is 0 Å². The standard InChI is InChI=1S/C20H34N2O/c1-12-11-20(3)13(10-17(12)22-21)4-5-14-15-6-7-18(23)19(15,2)9-8-16(14)20/h12-16,18,23H,4-11,21H2,1-3H3/b22-17-/t12-,13-,14-,15-,16-,18-,19-,20-/m0/s1. The molecule has 3 heteroatoms. The van der Waals surface area contributed by atoms with Crippen LogP contribution in [0.5, 0.6) is 0 Å². The first-order valence-electron chi connectivity index (χ1n) is 9.85. The number of aliphatic hydroxyl groups excluding tert-OH is 1. The smallest absolute Gasteiger partial charge is 0.0596 e. The van der Waals surface area contributed by atoms with Crippen LogP contribution < -0.4 is 5.84 Å². The van der Waals surface area contributed by atoms with Crippen LogP contribution in [0.15, 0.2) is 5.10 Å². The van der Waals surface area contributed by atoms with Gasteiger partial charge in [0.15, 0.2) is 0 Å². The van der Waals surface area contributed by atoms with Crippen LogP contribution in [-0.2, 0) is 0 Å². The quantitative estimate of drug-likeness (QED) is 0.525. The summed E-state index contributed by atoms with van der Waals surface area (Å²) in [6.07, 6.45) is 9.88. The summed E-state index contributed by atoms with van der Waals surface area (Å²) >= 11 is 0. The lowest BCUT2D eigenvalue weighted by Gasteiger charge is -2.61. The fraction of sp³-hybridized carbons (Fsp3) is 0.950. The predicted octanol–water partition coefficient (Wildman–Crippen LogP) is 3.95. The molecule has 0 unspecified atom stereocenters. The van der Waals surface area contributed by atoms with Gasteiger partial charge >= 0.3 is 0 Å². The molecule has 0 aromatic heterocycles. The second-order valence-electron chi connectivity index (χ2n) is 9.72. The Morgan fingerprint density at radius 3 is 2.52 bits per heavy atom. The van der Waals surface area contributed by atoms with Crippen molar-refractivity contribution in [2.24, 2.45) is 51.4 Å². The Labute approximate surface area is 141 Å². The Kier molecular flexibility index (Phi) is 3.61. The molecular formula is C20H34N2O. The largest absolute Gasteiger partial charge is 0.393 e. The fourth-order valence-corrected chi connectivity index (χ4v) is 7.57. The Bertz CT molecular complexity index is 518. The molecule has 4 saturated carbocycles. The van der Waals surface area contributed by atoms with Crippen molar-refractivity contribution in [1.29, 1.82) is 0 Å². The average Bonchev–Trinajstić information content (AvgIpc) is 2.82. The van der Waals surface area contributed by atoms with Crippen molar-refractivity contribution >= 4 is 5.71 Å². The first-order valence-corrected chi connectivity index (χ1v) is 9.85. The summed E-state index contributed by atoms with van der Waals surface area (Å²) in [6.45, 7) is 7.28. The third kappa shape index (κ3) is 2.08. The summed E-state index contributed by atoms with van der Waals surface area (Å²) < 4.78 is 0. The highest BCUT2D eigenvalue weighted by Crippen LogP contribution is 2.66. The minimum Gasteiger partial charge on any atom is -0.393 e. The van der Waals surface area contributed by atoms with Gasteiger partial charge in [-0.15, -0.1) is 0 Å². The van der Waals surface area contributed by atoms with Crippen LogP contribution in [0.4, 0.5) is 0 Å². The van der Waals surface area contributed by atoms with Gasteiger partial charge in [0, 0.05) is 5.71 Å². The molecule has 0 saturated heterocycles. The SMILES string of the molecule is C[C@H]1C[C@@]2(C)[C@@H](CC[C@@H]3[C@@H]2CC[C@]2(C)[C@@H](O)CC[C@@H]32)C/C1=N/N. The molecule has 130 valence electrons. The molecule has 4 rings (SSSR count). The fourth-order valence-electron chi connectivity index (χ4n) is 7.57. The minimum absolute atomic E-state index is 0.0553. The van der Waals surface area contributed by atoms with E-state index < -0.39 is 0 Å². The van der Waals surface area contributed by atoms with Gasteiger partial charge in [-0.3, -0.25) is 0 Å². The predicted molar refractivity (Wildman–Crippen MR) is 93.9 cm³/mol. The molecule has 0 heterocycles. The van der Waals surface area contributed by atoms with Crippen LogP contribution in [0.1, 0.15) is 72.1 Å². The molecule has 0 aromatic carbocycles. The molecule has 23 heavy (non-hydrogen) atoms. The molecule has 0 spiro atoms. The summed E-state index contributed by atoms with van der Waals surface area (Å²) in [5, 5.41) is 14.7. The van der Waals surface area contributed by atoms with Crippen LogP contribution >= 0.6 is 0 Å². The molecule has 3 nitrogen and oxygen atoms in total. The van der Waals surface area contributed by atoms with E-state index in [9.17, 15) is 5.11 Å². The number of rotatable bonds is 0. The second kappa shape index (κ2) is 5.21. The van der Waals surface area contributed by atoms with Gasteiger partial charge in [-0.05, 0) is 91.8 Å². The van der Waals surface area contributed by atoms with Gasteiger partial charge in [-0.25, -0.2) is 0 Å². The molecule has 0 aliphatic heterocycles. The first-order chi connectivity index (χ1) is 10.9. The maximum atomic E-state index is 10.5. The lowest BCUT2D eigenvalue weighted by atomic mass is 9.44. The van der Waals surface area contributed by atoms with E-state index >= 15 is 0 Å². The zero-order chi connectivity index (χ0) is 16.4. The highest BCUT2D eigenvalue weighted by molar-refractivity contribution is 5.87. The normalized spacial score (nSPS) is 57.7. The lowest BCUT2D eigenvalue weighted by molar-refractivity contribution is -0.116. The Morgan fingerprint density at radius 1 is 1.04 bits per heavy atom. The molecule has 4 aliphatic carbocycles. The summed E-state index contributed by atoms with van der Waals surface area (Å²) in [5.41, 5.74) is 1.92. The molecule has 4 aliphatic rings. The number of hydrogen-bond acceptors (Lipinski definition) is 3. The Hall–Kier alpha value is -0.570. The molecule has 4 fully saturated rings. The van der Waals surface area contributed by atoms with Crippen molar-refractivity contribution in [2.45, 2.75) is 78.2 Å². The molecule has 3 N–H and O–H groups in total. The van der Waals surface area contributed by atoms with E-state index in [0.29, 0.717) is 11.3 Å². The van der Waals surface area contributed by atoms with E-state index in [-0.39, 0.29) is 11.5 Å². The Balaban J connectivity index is 1.63. The number of hydrogen-bond donors (Lipinski definition) is 2. The van der Waals surface area contributed by atoms with Crippen LogP contribution in [-0.4, -0.2) is 16.9 Å². The lowest BCUT2D eigenvalue weighted by Crippen LogP contribution is -2.55. The second-order valence-corrected chi connectivity index (χ2v) is 9.72. The van der Waals surface area contributed by atoms with Crippen LogP contribution in [0.3, 0.4) is 0 Å². The van der Waals surface area contributed by atoms with Crippen molar-refractivity contribution in [1.82, 2.24) is 0 Å². The number of nitrogens with zero attached hydrogens (tertiary/aromatic N) is 1. The van der Waals surface area contributed by atoms with Crippen LogP contribution in [0.2, 0.25) is 0 Å². The van der Waals surface area contributed by atoms with Gasteiger partial charge in [0.25, 0.3) is 0 Å². The van der Waals surface area contributed by atoms with E-state index in [1.54, 1.807) is 0 Å². The summed E-state index contributed by atoms with van der Waals surface area (Å²) in [4.78, 5) is 0. The number of hydrazone groups is 1. The van der Waals surface area contributed by atoms with Crippen molar-refractivity contribution in [2.75, 3.05) is 0 Å². The van der Waals surface area contributed by atoms with Crippen molar-refractivity contribution in [3.63, 3.8) is 0 Å². The first kappa shape index (κ1) is 15.9. The van der Waals surface area contributed by atoms with Crippen LogP contribution in [0, 0.1) is 40.4 Å². The van der Waals surface area contributed by atoms with E-state index in [1.807, 2.05) is 0 Å². The highest BCUT2D eigenvalue weighted by atomic mass is 16.3. The number of fused-ring (bicyclic) bond motifs is 5. The van der Waals surface area contributed by atoms with E-state index in [2.05, 4.69) is 25.9 Å². The Morgan fingerprint density at radius 2 is 1.78 bits per heavy atom. The molecular weight excluding hydrogens is 284 g/mol. The zero-order valence-electron chi connectivity index (χ0n) is 15.1. The monoisotopic (exact) mass is 318 g/mol. The van der Waals surface area contributed by atoms with E-state index in [4.69, 9.17) is 5.84 Å². The van der Waals surface area contributed by atoms with Gasteiger partial charge in [-0.1, -0.05) is 20.8 Å². The molecule has 8 atom stereocenters. The van der Waals surface area contributed by atoms with Gasteiger partial charge in [0.05, 0.1) is 6.10 Å². The minimum atomic E-state index is -0.0553. The number of nitrogens with two attached hydrogens (primary N) is 1.